The highest BCUT2D eigenvalue weighted by Crippen LogP contribution is 2.47. The first-order valence-corrected chi connectivity index (χ1v) is 5.14. The number of hydrogen-bond acceptors (Lipinski definition) is 0. The molecule has 66 valence electrons. The first-order chi connectivity index (χ1) is 6.34. The maximum atomic E-state index is 2.41. The Balaban J connectivity index is 1.98. The molecular formula is C13H14. The predicted molar refractivity (Wildman–Crippen MR) is 55.7 cm³/mol. The number of allylic oxidation sites excluding steroid dienone is 1. The van der Waals surface area contributed by atoms with Crippen LogP contribution in [0.5, 0.6) is 0 Å². The second kappa shape index (κ2) is 2.47. The Kier molecular flexibility index (Phi) is 1.40. The number of hydrogen-bond donors (Lipinski definition) is 0. The van der Waals surface area contributed by atoms with Gasteiger partial charge in [0.1, 0.15) is 0 Å². The lowest BCUT2D eigenvalue weighted by Crippen LogP contribution is -1.86. The van der Waals surface area contributed by atoms with E-state index in [1.807, 2.05) is 0 Å². The van der Waals surface area contributed by atoms with Gasteiger partial charge in [-0.25, -0.2) is 0 Å². The van der Waals surface area contributed by atoms with Crippen LogP contribution in [0.4, 0.5) is 0 Å². The lowest BCUT2D eigenvalue weighted by molar-refractivity contribution is 0.913. The summed E-state index contributed by atoms with van der Waals surface area (Å²) < 4.78 is 0. The third kappa shape index (κ3) is 1.13. The Morgan fingerprint density at radius 1 is 1.31 bits per heavy atom. The SMILES string of the molecule is CC1CC1c1ccc2c(c1)CC=C2. The second-order valence-corrected chi connectivity index (χ2v) is 4.38. The van der Waals surface area contributed by atoms with Gasteiger partial charge < -0.3 is 0 Å². The molecule has 1 fully saturated rings. The third-order valence-corrected chi connectivity index (χ3v) is 3.34. The number of benzene rings is 1. The zero-order valence-corrected chi connectivity index (χ0v) is 7.96. The van der Waals surface area contributed by atoms with E-state index >= 15 is 0 Å². The molecule has 0 nitrogen and oxygen atoms in total. The van der Waals surface area contributed by atoms with Crippen molar-refractivity contribution in [3.8, 4) is 0 Å². The van der Waals surface area contributed by atoms with Gasteiger partial charge in [-0.05, 0) is 41.4 Å². The van der Waals surface area contributed by atoms with Crippen LogP contribution in [-0.2, 0) is 6.42 Å². The van der Waals surface area contributed by atoms with Crippen LogP contribution in [0, 0.1) is 5.92 Å². The summed E-state index contributed by atoms with van der Waals surface area (Å²) in [4.78, 5) is 0. The first-order valence-electron chi connectivity index (χ1n) is 5.14. The summed E-state index contributed by atoms with van der Waals surface area (Å²) in [6.45, 7) is 2.34. The van der Waals surface area contributed by atoms with E-state index in [-0.39, 0.29) is 0 Å². The number of fused-ring (bicyclic) bond motifs is 1. The summed E-state index contributed by atoms with van der Waals surface area (Å²) in [5.74, 6) is 1.79. The summed E-state index contributed by atoms with van der Waals surface area (Å²) in [6.07, 6.45) is 7.02. The largest absolute Gasteiger partial charge is 0.0795 e. The average molecular weight is 170 g/mol. The molecule has 3 rings (SSSR count). The highest BCUT2D eigenvalue weighted by molar-refractivity contribution is 5.60. The Morgan fingerprint density at radius 3 is 2.92 bits per heavy atom. The van der Waals surface area contributed by atoms with Gasteiger partial charge in [-0.3, -0.25) is 0 Å². The van der Waals surface area contributed by atoms with Crippen LogP contribution in [0.2, 0.25) is 0 Å². The lowest BCUT2D eigenvalue weighted by atomic mass is 10.0. The van der Waals surface area contributed by atoms with E-state index in [0.29, 0.717) is 0 Å². The quantitative estimate of drug-likeness (QED) is 0.606. The first kappa shape index (κ1) is 7.37. The van der Waals surface area contributed by atoms with Crippen molar-refractivity contribution < 1.29 is 0 Å². The molecule has 13 heavy (non-hydrogen) atoms. The molecule has 1 aromatic carbocycles. The van der Waals surface area contributed by atoms with Crippen LogP contribution >= 0.6 is 0 Å². The highest BCUT2D eigenvalue weighted by atomic mass is 14.4. The van der Waals surface area contributed by atoms with E-state index in [4.69, 9.17) is 0 Å². The summed E-state index contributed by atoms with van der Waals surface area (Å²) in [6, 6.07) is 6.99. The minimum absolute atomic E-state index is 0.867. The molecule has 0 amide bonds. The molecule has 2 aliphatic carbocycles. The van der Waals surface area contributed by atoms with Gasteiger partial charge in [0.05, 0.1) is 0 Å². The van der Waals surface area contributed by atoms with E-state index < -0.39 is 0 Å². The van der Waals surface area contributed by atoms with Crippen molar-refractivity contribution in [2.45, 2.75) is 25.7 Å². The molecule has 0 spiro atoms. The molecule has 0 bridgehead atoms. The standard InChI is InChI=1S/C13H14/c1-9-7-13(9)12-6-5-10-3-2-4-11(10)8-12/h2-3,5-6,8-9,13H,4,7H2,1H3. The van der Waals surface area contributed by atoms with E-state index in [1.165, 1.54) is 17.5 Å². The van der Waals surface area contributed by atoms with Gasteiger partial charge in [-0.1, -0.05) is 37.3 Å². The van der Waals surface area contributed by atoms with Crippen molar-refractivity contribution in [1.82, 2.24) is 0 Å². The van der Waals surface area contributed by atoms with Crippen molar-refractivity contribution in [2.24, 2.45) is 5.92 Å². The van der Waals surface area contributed by atoms with Crippen LogP contribution in [0.3, 0.4) is 0 Å². The fourth-order valence-corrected chi connectivity index (χ4v) is 2.30. The monoisotopic (exact) mass is 170 g/mol. The van der Waals surface area contributed by atoms with Gasteiger partial charge in [0.15, 0.2) is 0 Å². The maximum absolute atomic E-state index is 2.41. The van der Waals surface area contributed by atoms with E-state index in [9.17, 15) is 0 Å². The summed E-state index contributed by atoms with van der Waals surface area (Å²) >= 11 is 0. The smallest absolute Gasteiger partial charge is 0.00881 e. The minimum Gasteiger partial charge on any atom is -0.0795 e. The number of rotatable bonds is 1. The molecule has 0 aromatic heterocycles. The molecule has 0 heteroatoms. The van der Waals surface area contributed by atoms with Crippen LogP contribution in [0.1, 0.15) is 36.0 Å². The molecule has 2 unspecified atom stereocenters. The minimum atomic E-state index is 0.867. The molecule has 0 aliphatic heterocycles. The second-order valence-electron chi connectivity index (χ2n) is 4.38. The predicted octanol–water partition coefficient (Wildman–Crippen LogP) is 3.38. The zero-order chi connectivity index (χ0) is 8.84. The fourth-order valence-electron chi connectivity index (χ4n) is 2.30. The summed E-state index contributed by atoms with van der Waals surface area (Å²) in [5.41, 5.74) is 4.52. The highest BCUT2D eigenvalue weighted by Gasteiger charge is 2.34. The Morgan fingerprint density at radius 2 is 2.15 bits per heavy atom. The molecular weight excluding hydrogens is 156 g/mol. The summed E-state index contributed by atoms with van der Waals surface area (Å²) in [7, 11) is 0. The van der Waals surface area contributed by atoms with Crippen molar-refractivity contribution >= 4 is 6.08 Å². The topological polar surface area (TPSA) is 0 Å². The Labute approximate surface area is 79.3 Å². The van der Waals surface area contributed by atoms with Crippen LogP contribution < -0.4 is 0 Å². The average Bonchev–Trinajstić information content (AvgIpc) is 2.70. The molecule has 0 radical (unpaired) electrons. The van der Waals surface area contributed by atoms with Gasteiger partial charge in [0.2, 0.25) is 0 Å². The molecule has 1 saturated carbocycles. The molecule has 0 heterocycles. The van der Waals surface area contributed by atoms with Gasteiger partial charge >= 0.3 is 0 Å². The Hall–Kier alpha value is -1.04. The maximum Gasteiger partial charge on any atom is -0.00881 e. The van der Waals surface area contributed by atoms with Gasteiger partial charge in [0.25, 0.3) is 0 Å². The van der Waals surface area contributed by atoms with Crippen LogP contribution in [0.15, 0.2) is 24.3 Å². The molecule has 0 N–H and O–H groups in total. The van der Waals surface area contributed by atoms with E-state index in [0.717, 1.165) is 18.3 Å². The normalized spacial score (nSPS) is 29.0. The van der Waals surface area contributed by atoms with E-state index in [1.54, 1.807) is 5.56 Å². The fraction of sp³-hybridized carbons (Fsp3) is 0.385. The molecule has 1 aromatic rings. The van der Waals surface area contributed by atoms with E-state index in [2.05, 4.69) is 37.3 Å². The lowest BCUT2D eigenvalue weighted by Gasteiger charge is -2.03. The van der Waals surface area contributed by atoms with Crippen LogP contribution in [0.25, 0.3) is 6.08 Å². The zero-order valence-electron chi connectivity index (χ0n) is 7.96. The van der Waals surface area contributed by atoms with Crippen molar-refractivity contribution in [3.05, 3.63) is 41.0 Å². The van der Waals surface area contributed by atoms with Crippen molar-refractivity contribution in [3.63, 3.8) is 0 Å². The van der Waals surface area contributed by atoms with Gasteiger partial charge in [-0.2, -0.15) is 0 Å². The van der Waals surface area contributed by atoms with Crippen molar-refractivity contribution in [2.75, 3.05) is 0 Å². The molecule has 2 atom stereocenters. The van der Waals surface area contributed by atoms with Gasteiger partial charge in [-0.15, -0.1) is 0 Å². The summed E-state index contributed by atoms with van der Waals surface area (Å²) in [5, 5.41) is 0. The van der Waals surface area contributed by atoms with Gasteiger partial charge in [0, 0.05) is 0 Å². The van der Waals surface area contributed by atoms with Crippen LogP contribution in [-0.4, -0.2) is 0 Å². The van der Waals surface area contributed by atoms with Crippen molar-refractivity contribution in [1.29, 1.82) is 0 Å². The third-order valence-electron chi connectivity index (χ3n) is 3.34. The molecule has 2 aliphatic rings. The Bertz CT molecular complexity index is 374. The molecule has 0 saturated heterocycles.